The number of anilines is 2. The first-order valence-electron chi connectivity index (χ1n) is 16.1. The van der Waals surface area contributed by atoms with Crippen LogP contribution in [0.1, 0.15) is 55.2 Å². The quantitative estimate of drug-likeness (QED) is 0.156. The average Bonchev–Trinajstić information content (AvgIpc) is 3.09. The molecule has 4 aromatic rings. The van der Waals surface area contributed by atoms with E-state index in [0.717, 1.165) is 36.4 Å². The van der Waals surface area contributed by atoms with E-state index in [-0.39, 0.29) is 29.5 Å². The molecule has 1 aliphatic rings. The molecule has 0 spiro atoms. The highest BCUT2D eigenvalue weighted by molar-refractivity contribution is 7.92. The van der Waals surface area contributed by atoms with E-state index in [0.29, 0.717) is 28.7 Å². The first-order chi connectivity index (χ1) is 23.0. The first-order valence-corrected chi connectivity index (χ1v) is 17.9. The molecule has 0 amide bonds. The van der Waals surface area contributed by atoms with Crippen LogP contribution >= 0.6 is 11.6 Å². The zero-order valence-electron chi connectivity index (χ0n) is 28.0. The number of benzene rings is 3. The average molecular weight is 696 g/mol. The van der Waals surface area contributed by atoms with E-state index < -0.39 is 20.7 Å². The predicted octanol–water partition coefficient (Wildman–Crippen LogP) is 7.31. The summed E-state index contributed by atoms with van der Waals surface area (Å²) in [7, 11) is 2.59. The normalized spacial score (nSPS) is 18.0. The van der Waals surface area contributed by atoms with Gasteiger partial charge in [-0.25, -0.2) is 27.1 Å². The van der Waals surface area contributed by atoms with Crippen LogP contribution in [-0.4, -0.2) is 63.7 Å². The van der Waals surface area contributed by atoms with Crippen molar-refractivity contribution in [2.45, 2.75) is 68.5 Å². The summed E-state index contributed by atoms with van der Waals surface area (Å²) in [6.45, 7) is 1.99. The molecule has 1 aromatic heterocycles. The highest BCUT2D eigenvalue weighted by atomic mass is 35.5. The van der Waals surface area contributed by atoms with Gasteiger partial charge in [0.05, 0.1) is 31.5 Å². The third-order valence-corrected chi connectivity index (χ3v) is 11.1. The predicted molar refractivity (Wildman–Crippen MR) is 188 cm³/mol. The molecule has 48 heavy (non-hydrogen) atoms. The van der Waals surface area contributed by atoms with Crippen LogP contribution < -0.4 is 19.1 Å². The molecule has 1 aliphatic carbocycles. The number of likely N-dealkylation sites (N-methyl/N-ethyl adjacent to an activating group) is 1. The molecule has 1 fully saturated rings. The Kier molecular flexibility index (Phi) is 11.4. The minimum atomic E-state index is -4.51. The summed E-state index contributed by atoms with van der Waals surface area (Å²) < 4.78 is 56.2. The Morgan fingerprint density at radius 3 is 2.54 bits per heavy atom. The van der Waals surface area contributed by atoms with Gasteiger partial charge < -0.3 is 19.7 Å². The maximum Gasteiger partial charge on any atom is 0.268 e. The van der Waals surface area contributed by atoms with Crippen molar-refractivity contribution in [3.05, 3.63) is 101 Å². The minimum Gasteiger partial charge on any atom is -0.497 e. The fourth-order valence-electron chi connectivity index (χ4n) is 6.49. The molecule has 9 nitrogen and oxygen atoms in total. The number of aromatic nitrogens is 2. The monoisotopic (exact) mass is 695 g/mol. The summed E-state index contributed by atoms with van der Waals surface area (Å²) in [5.74, 6) is 0.487. The zero-order chi connectivity index (χ0) is 34.4. The first kappa shape index (κ1) is 35.4. The van der Waals surface area contributed by atoms with Crippen LogP contribution in [-0.2, 0) is 23.0 Å². The lowest BCUT2D eigenvalue weighted by Crippen LogP contribution is -2.47. The summed E-state index contributed by atoms with van der Waals surface area (Å²) >= 11 is 6.73. The lowest BCUT2D eigenvalue weighted by molar-refractivity contribution is 0.196. The second kappa shape index (κ2) is 15.5. The van der Waals surface area contributed by atoms with Gasteiger partial charge in [-0.2, -0.15) is 0 Å². The molecule has 0 unspecified atom stereocenters. The molecule has 3 atom stereocenters. The van der Waals surface area contributed by atoms with Gasteiger partial charge >= 0.3 is 0 Å². The van der Waals surface area contributed by atoms with E-state index >= 15 is 4.39 Å². The summed E-state index contributed by atoms with van der Waals surface area (Å²) in [6.07, 6.45) is 7.55. The molecule has 1 heterocycles. The van der Waals surface area contributed by atoms with Gasteiger partial charge in [0, 0.05) is 36.0 Å². The standard InChI is InChI=1S/C36H43ClFN5O4S/c1-6-8-24-9-7-10-25(17-24)26-12-14-31(33(18-26)42(2)3)41-32-21-30(38)35(20-29(32)37)48(44,45)43(36-15-16-39-23-40-36)22-27-11-13-28(46-4)19-34(27)47-5/h7,9-11,13,15-17,19-21,23,26,31,33,41H,6,8,12,14,18,22H2,1-5H3/t26-,31-,33-/m0/s1. The van der Waals surface area contributed by atoms with Crippen LogP contribution in [0.15, 0.2) is 78.1 Å². The minimum absolute atomic E-state index is 0.0190. The third-order valence-electron chi connectivity index (χ3n) is 9.00. The molecule has 12 heteroatoms. The molecule has 5 rings (SSSR count). The number of nitrogens with zero attached hydrogens (tertiary/aromatic N) is 4. The SMILES string of the molecule is CCCc1cccc([C@H]2CC[C@H](Nc3cc(F)c(S(=O)(=O)N(Cc4ccc(OC)cc4OC)c4ccncn4)cc3Cl)[C@@H](N(C)C)C2)c1. The van der Waals surface area contributed by atoms with E-state index in [1.165, 1.54) is 56.1 Å². The van der Waals surface area contributed by atoms with Crippen LogP contribution in [0.2, 0.25) is 5.02 Å². The maximum atomic E-state index is 16.0. The van der Waals surface area contributed by atoms with Crippen LogP contribution in [0.3, 0.4) is 0 Å². The van der Waals surface area contributed by atoms with Crippen molar-refractivity contribution in [3.8, 4) is 11.5 Å². The van der Waals surface area contributed by atoms with Crippen molar-refractivity contribution in [1.82, 2.24) is 14.9 Å². The van der Waals surface area contributed by atoms with E-state index in [2.05, 4.69) is 51.4 Å². The number of sulfonamides is 1. The van der Waals surface area contributed by atoms with Gasteiger partial charge in [-0.1, -0.05) is 49.2 Å². The van der Waals surface area contributed by atoms with E-state index in [1.54, 1.807) is 18.2 Å². The number of rotatable bonds is 13. The summed E-state index contributed by atoms with van der Waals surface area (Å²) in [5.41, 5.74) is 3.58. The second-order valence-corrected chi connectivity index (χ2v) is 14.5. The molecule has 3 aromatic carbocycles. The molecule has 0 radical (unpaired) electrons. The molecule has 256 valence electrons. The van der Waals surface area contributed by atoms with Crippen LogP contribution in [0.25, 0.3) is 0 Å². The van der Waals surface area contributed by atoms with Gasteiger partial charge in [0.15, 0.2) is 0 Å². The van der Waals surface area contributed by atoms with Crippen molar-refractivity contribution in [1.29, 1.82) is 0 Å². The summed E-state index contributed by atoms with van der Waals surface area (Å²) in [6, 6.07) is 17.8. The number of ether oxygens (including phenoxy) is 2. The number of nitrogens with one attached hydrogen (secondary N) is 1. The van der Waals surface area contributed by atoms with E-state index in [9.17, 15) is 8.42 Å². The lowest BCUT2D eigenvalue weighted by Gasteiger charge is -2.41. The number of aryl methyl sites for hydroxylation is 1. The smallest absolute Gasteiger partial charge is 0.268 e. The Morgan fingerprint density at radius 2 is 1.85 bits per heavy atom. The van der Waals surface area contributed by atoms with Crippen LogP contribution in [0.5, 0.6) is 11.5 Å². The van der Waals surface area contributed by atoms with Gasteiger partial charge in [-0.3, -0.25) is 0 Å². The Balaban J connectivity index is 1.41. The van der Waals surface area contributed by atoms with Gasteiger partial charge in [0.2, 0.25) is 0 Å². The fraction of sp³-hybridized carbons (Fsp3) is 0.389. The molecule has 0 aliphatic heterocycles. The molecule has 1 N–H and O–H groups in total. The number of halogens is 2. The molecular weight excluding hydrogens is 653 g/mol. The Bertz CT molecular complexity index is 1810. The van der Waals surface area contributed by atoms with Crippen molar-refractivity contribution in [3.63, 3.8) is 0 Å². The van der Waals surface area contributed by atoms with E-state index in [4.69, 9.17) is 21.1 Å². The topological polar surface area (TPSA) is 96.9 Å². The van der Waals surface area contributed by atoms with Crippen LogP contribution in [0, 0.1) is 5.82 Å². The highest BCUT2D eigenvalue weighted by Gasteiger charge is 2.35. The molecule has 1 saturated carbocycles. The molecule has 0 bridgehead atoms. The maximum absolute atomic E-state index is 16.0. The van der Waals surface area contributed by atoms with Gasteiger partial charge in [0.1, 0.15) is 34.4 Å². The Hall–Kier alpha value is -3.93. The molecular formula is C36H43ClFN5O4S. The summed E-state index contributed by atoms with van der Waals surface area (Å²) in [5, 5.41) is 3.56. The van der Waals surface area contributed by atoms with Gasteiger partial charge in [-0.15, -0.1) is 0 Å². The van der Waals surface area contributed by atoms with Gasteiger partial charge in [-0.05, 0) is 81.1 Å². The highest BCUT2D eigenvalue weighted by Crippen LogP contribution is 2.39. The Labute approximate surface area is 288 Å². The summed E-state index contributed by atoms with van der Waals surface area (Å²) in [4.78, 5) is 9.71. The largest absolute Gasteiger partial charge is 0.497 e. The van der Waals surface area contributed by atoms with Crippen molar-refractivity contribution >= 4 is 33.1 Å². The van der Waals surface area contributed by atoms with Crippen molar-refractivity contribution < 1.29 is 22.3 Å². The van der Waals surface area contributed by atoms with Crippen LogP contribution in [0.4, 0.5) is 15.9 Å². The van der Waals surface area contributed by atoms with Crippen molar-refractivity contribution in [2.24, 2.45) is 0 Å². The lowest BCUT2D eigenvalue weighted by atomic mass is 9.77. The fourth-order valence-corrected chi connectivity index (χ4v) is 8.25. The van der Waals surface area contributed by atoms with E-state index in [1.807, 2.05) is 14.1 Å². The number of methoxy groups -OCH3 is 2. The number of hydrogen-bond donors (Lipinski definition) is 1. The zero-order valence-corrected chi connectivity index (χ0v) is 29.6. The Morgan fingerprint density at radius 1 is 1.04 bits per heavy atom. The van der Waals surface area contributed by atoms with Crippen molar-refractivity contribution in [2.75, 3.05) is 37.9 Å². The third kappa shape index (κ3) is 7.85. The number of hydrogen-bond acceptors (Lipinski definition) is 8. The second-order valence-electron chi connectivity index (χ2n) is 12.3. The molecule has 0 saturated heterocycles. The van der Waals surface area contributed by atoms with Gasteiger partial charge in [0.25, 0.3) is 10.0 Å².